The lowest BCUT2D eigenvalue weighted by Crippen LogP contribution is -2.47. The highest BCUT2D eigenvalue weighted by atomic mass is 16.5. The van der Waals surface area contributed by atoms with Gasteiger partial charge in [0.2, 0.25) is 0 Å². The summed E-state index contributed by atoms with van der Waals surface area (Å²) in [6, 6.07) is 0.729. The molecule has 0 spiro atoms. The van der Waals surface area contributed by atoms with Gasteiger partial charge < -0.3 is 15.4 Å². The summed E-state index contributed by atoms with van der Waals surface area (Å²) in [5.41, 5.74) is 0. The van der Waals surface area contributed by atoms with E-state index in [1.165, 1.54) is 38.9 Å². The van der Waals surface area contributed by atoms with E-state index in [0.29, 0.717) is 6.10 Å². The van der Waals surface area contributed by atoms with Crippen molar-refractivity contribution in [2.75, 3.05) is 26.2 Å². The molecule has 0 radical (unpaired) electrons. The average Bonchev–Trinajstić information content (AvgIpc) is 2.61. The van der Waals surface area contributed by atoms with E-state index in [2.05, 4.69) is 17.6 Å². The molecule has 0 aromatic heterocycles. The van der Waals surface area contributed by atoms with Crippen LogP contribution in [0.15, 0.2) is 0 Å². The highest BCUT2D eigenvalue weighted by molar-refractivity contribution is 4.87. The van der Waals surface area contributed by atoms with Gasteiger partial charge in [-0.05, 0) is 51.7 Å². The van der Waals surface area contributed by atoms with E-state index < -0.39 is 0 Å². The number of rotatable bonds is 5. The molecule has 0 bridgehead atoms. The van der Waals surface area contributed by atoms with Gasteiger partial charge >= 0.3 is 0 Å². The van der Waals surface area contributed by atoms with E-state index in [1.807, 2.05) is 0 Å². The van der Waals surface area contributed by atoms with Crippen LogP contribution in [0.2, 0.25) is 0 Å². The molecule has 1 aliphatic carbocycles. The van der Waals surface area contributed by atoms with Gasteiger partial charge in [0, 0.05) is 12.6 Å². The third-order valence-electron chi connectivity index (χ3n) is 3.35. The van der Waals surface area contributed by atoms with E-state index in [0.717, 1.165) is 18.6 Å². The maximum Gasteiger partial charge on any atom is 0.0604 e. The summed E-state index contributed by atoms with van der Waals surface area (Å²) in [5, 5.41) is 7.03. The lowest BCUT2D eigenvalue weighted by atomic mass is 9.89. The van der Waals surface area contributed by atoms with Crippen LogP contribution < -0.4 is 10.6 Å². The Morgan fingerprint density at radius 3 is 2.93 bits per heavy atom. The highest BCUT2D eigenvalue weighted by Crippen LogP contribution is 2.23. The molecule has 2 fully saturated rings. The first-order chi connectivity index (χ1) is 6.88. The van der Waals surface area contributed by atoms with Crippen molar-refractivity contribution in [3.63, 3.8) is 0 Å². The Morgan fingerprint density at radius 2 is 2.29 bits per heavy atom. The Morgan fingerprint density at radius 1 is 1.43 bits per heavy atom. The number of hydrogen-bond donors (Lipinski definition) is 2. The Balaban J connectivity index is 1.51. The maximum absolute atomic E-state index is 5.53. The van der Waals surface area contributed by atoms with E-state index in [9.17, 15) is 0 Å². The first-order valence-electron chi connectivity index (χ1n) is 5.94. The molecule has 14 heavy (non-hydrogen) atoms. The van der Waals surface area contributed by atoms with Gasteiger partial charge in [0.25, 0.3) is 0 Å². The first kappa shape index (κ1) is 10.4. The molecule has 82 valence electrons. The molecule has 1 heterocycles. The van der Waals surface area contributed by atoms with Crippen LogP contribution in [0.1, 0.15) is 26.2 Å². The molecule has 2 N–H and O–H groups in total. The van der Waals surface area contributed by atoms with Crippen LogP contribution in [0.5, 0.6) is 0 Å². The minimum Gasteiger partial charge on any atom is -0.378 e. The van der Waals surface area contributed by atoms with Crippen LogP contribution in [0.4, 0.5) is 0 Å². The molecule has 0 aromatic rings. The van der Waals surface area contributed by atoms with Crippen LogP contribution in [-0.2, 0) is 4.74 Å². The van der Waals surface area contributed by atoms with Crippen LogP contribution >= 0.6 is 0 Å². The summed E-state index contributed by atoms with van der Waals surface area (Å²) in [7, 11) is 0. The van der Waals surface area contributed by atoms with Gasteiger partial charge in [0.05, 0.1) is 6.10 Å². The molecule has 3 heteroatoms. The van der Waals surface area contributed by atoms with Crippen molar-refractivity contribution in [3.05, 3.63) is 0 Å². The summed E-state index contributed by atoms with van der Waals surface area (Å²) >= 11 is 0. The second-order valence-electron chi connectivity index (χ2n) is 4.51. The third-order valence-corrected chi connectivity index (χ3v) is 3.35. The van der Waals surface area contributed by atoms with Crippen LogP contribution in [-0.4, -0.2) is 38.4 Å². The minimum absolute atomic E-state index is 0.541. The van der Waals surface area contributed by atoms with Crippen molar-refractivity contribution in [3.8, 4) is 0 Å². The van der Waals surface area contributed by atoms with Crippen molar-refractivity contribution < 1.29 is 4.74 Å². The SMILES string of the molecule is CCOC1CC(NCC2CCNC2)C1. The normalized spacial score (nSPS) is 37.1. The lowest BCUT2D eigenvalue weighted by molar-refractivity contribution is -0.0104. The first-order valence-corrected chi connectivity index (χ1v) is 5.94. The van der Waals surface area contributed by atoms with Crippen molar-refractivity contribution in [2.24, 2.45) is 5.92 Å². The molecule has 1 atom stereocenters. The molecule has 1 aliphatic heterocycles. The highest BCUT2D eigenvalue weighted by Gasteiger charge is 2.29. The molecule has 1 saturated carbocycles. The maximum atomic E-state index is 5.53. The van der Waals surface area contributed by atoms with Gasteiger partial charge in [-0.25, -0.2) is 0 Å². The van der Waals surface area contributed by atoms with Crippen LogP contribution in [0, 0.1) is 5.92 Å². The third kappa shape index (κ3) is 2.69. The smallest absolute Gasteiger partial charge is 0.0604 e. The molecular weight excluding hydrogens is 176 g/mol. The Labute approximate surface area is 86.6 Å². The van der Waals surface area contributed by atoms with E-state index in [-0.39, 0.29) is 0 Å². The predicted molar refractivity (Wildman–Crippen MR) is 57.4 cm³/mol. The molecule has 3 nitrogen and oxygen atoms in total. The van der Waals surface area contributed by atoms with E-state index in [4.69, 9.17) is 4.74 Å². The van der Waals surface area contributed by atoms with Crippen molar-refractivity contribution in [1.29, 1.82) is 0 Å². The molecule has 0 aromatic carbocycles. The Kier molecular flexibility index (Phi) is 3.79. The second kappa shape index (κ2) is 5.10. The summed E-state index contributed by atoms with van der Waals surface area (Å²) in [5.74, 6) is 0.862. The molecule has 2 rings (SSSR count). The fourth-order valence-corrected chi connectivity index (χ4v) is 2.33. The predicted octanol–water partition coefficient (Wildman–Crippen LogP) is 0.753. The summed E-state index contributed by atoms with van der Waals surface area (Å²) in [4.78, 5) is 0. The standard InChI is InChI=1S/C11H22N2O/c1-2-14-11-5-10(6-11)13-8-9-3-4-12-7-9/h9-13H,2-8H2,1H3. The number of nitrogens with one attached hydrogen (secondary N) is 2. The zero-order chi connectivity index (χ0) is 9.80. The molecular formula is C11H22N2O. The zero-order valence-corrected chi connectivity index (χ0v) is 9.09. The zero-order valence-electron chi connectivity index (χ0n) is 9.09. The fraction of sp³-hybridized carbons (Fsp3) is 1.00. The minimum atomic E-state index is 0.541. The van der Waals surface area contributed by atoms with Gasteiger partial charge in [-0.15, -0.1) is 0 Å². The molecule has 1 unspecified atom stereocenters. The van der Waals surface area contributed by atoms with E-state index >= 15 is 0 Å². The van der Waals surface area contributed by atoms with Gasteiger partial charge in [0.1, 0.15) is 0 Å². The molecule has 2 aliphatic rings. The van der Waals surface area contributed by atoms with Crippen molar-refractivity contribution in [1.82, 2.24) is 10.6 Å². The van der Waals surface area contributed by atoms with Gasteiger partial charge in [0.15, 0.2) is 0 Å². The quantitative estimate of drug-likeness (QED) is 0.684. The van der Waals surface area contributed by atoms with Gasteiger partial charge in [-0.2, -0.15) is 0 Å². The largest absolute Gasteiger partial charge is 0.378 e. The number of hydrogen-bond acceptors (Lipinski definition) is 3. The Hall–Kier alpha value is -0.120. The van der Waals surface area contributed by atoms with Crippen LogP contribution in [0.25, 0.3) is 0 Å². The second-order valence-corrected chi connectivity index (χ2v) is 4.51. The van der Waals surface area contributed by atoms with Crippen molar-refractivity contribution >= 4 is 0 Å². The van der Waals surface area contributed by atoms with Gasteiger partial charge in [-0.3, -0.25) is 0 Å². The number of ether oxygens (including phenoxy) is 1. The van der Waals surface area contributed by atoms with Crippen LogP contribution in [0.3, 0.4) is 0 Å². The van der Waals surface area contributed by atoms with E-state index in [1.54, 1.807) is 0 Å². The van der Waals surface area contributed by atoms with Gasteiger partial charge in [-0.1, -0.05) is 0 Å². The topological polar surface area (TPSA) is 33.3 Å². The fourth-order valence-electron chi connectivity index (χ4n) is 2.33. The van der Waals surface area contributed by atoms with Crippen molar-refractivity contribution in [2.45, 2.75) is 38.3 Å². The average molecular weight is 198 g/mol. The molecule has 1 saturated heterocycles. The summed E-state index contributed by atoms with van der Waals surface area (Å²) in [6.45, 7) is 6.54. The summed E-state index contributed by atoms with van der Waals surface area (Å²) < 4.78 is 5.53. The monoisotopic (exact) mass is 198 g/mol. The summed E-state index contributed by atoms with van der Waals surface area (Å²) in [6.07, 6.45) is 4.32. The lowest BCUT2D eigenvalue weighted by Gasteiger charge is -2.36. The Bertz CT molecular complexity index is 163. The molecule has 0 amide bonds.